The highest BCUT2D eigenvalue weighted by atomic mass is 32.2. The van der Waals surface area contributed by atoms with E-state index >= 15 is 0 Å². The maximum atomic E-state index is 13.6. The normalized spacial score (nSPS) is 18.0. The molecule has 1 aliphatic carbocycles. The number of nitrogens with one attached hydrogen (secondary N) is 2. The van der Waals surface area contributed by atoms with Crippen molar-refractivity contribution in [2.45, 2.75) is 36.7 Å². The van der Waals surface area contributed by atoms with Gasteiger partial charge in [-0.25, -0.2) is 13.2 Å². The summed E-state index contributed by atoms with van der Waals surface area (Å²) >= 11 is 0. The van der Waals surface area contributed by atoms with Gasteiger partial charge in [-0.3, -0.25) is 14.4 Å². The number of benzene rings is 2. The molecular formula is C21H23N3O6S. The van der Waals surface area contributed by atoms with E-state index in [-0.39, 0.29) is 35.3 Å². The van der Waals surface area contributed by atoms with Crippen molar-refractivity contribution in [3.8, 4) is 5.75 Å². The van der Waals surface area contributed by atoms with Crippen LogP contribution < -0.4 is 19.7 Å². The topological polar surface area (TPSA) is 125 Å². The zero-order chi connectivity index (χ0) is 22.2. The Morgan fingerprint density at radius 1 is 1.19 bits per heavy atom. The number of amides is 2. The lowest BCUT2D eigenvalue weighted by molar-refractivity contribution is -0.119. The van der Waals surface area contributed by atoms with Crippen molar-refractivity contribution in [3.05, 3.63) is 48.0 Å². The first-order valence-corrected chi connectivity index (χ1v) is 11.4. The second-order valence-electron chi connectivity index (χ2n) is 7.67. The van der Waals surface area contributed by atoms with Crippen molar-refractivity contribution in [1.82, 2.24) is 5.32 Å². The zero-order valence-corrected chi connectivity index (χ0v) is 17.7. The van der Waals surface area contributed by atoms with E-state index in [1.807, 2.05) is 6.07 Å². The fraction of sp³-hybridized carbons (Fsp3) is 0.333. The minimum absolute atomic E-state index is 0.0280. The highest BCUT2D eigenvalue weighted by Crippen LogP contribution is 2.42. The van der Waals surface area contributed by atoms with Gasteiger partial charge in [-0.15, -0.1) is 0 Å². The van der Waals surface area contributed by atoms with Crippen LogP contribution in [0.5, 0.6) is 5.75 Å². The molecule has 2 aromatic carbocycles. The van der Waals surface area contributed by atoms with Crippen LogP contribution >= 0.6 is 0 Å². The van der Waals surface area contributed by atoms with Gasteiger partial charge in [-0.05, 0) is 54.7 Å². The van der Waals surface area contributed by atoms with E-state index in [1.165, 1.54) is 29.4 Å². The Kier molecular flexibility index (Phi) is 5.48. The lowest BCUT2D eigenvalue weighted by atomic mass is 10.1. The summed E-state index contributed by atoms with van der Waals surface area (Å²) in [7, 11) is -3.95. The number of carbonyl (C=O) groups excluding carboxylic acids is 1. The Morgan fingerprint density at radius 2 is 1.97 bits per heavy atom. The minimum Gasteiger partial charge on any atom is -0.484 e. The number of fused-ring (bicyclic) bond motifs is 1. The Balaban J connectivity index is 1.73. The first kappa shape index (κ1) is 21.0. The first-order chi connectivity index (χ1) is 14.7. The smallest absolute Gasteiger partial charge is 0.409 e. The Labute approximate surface area is 180 Å². The molecule has 9 nitrogen and oxygen atoms in total. The van der Waals surface area contributed by atoms with Gasteiger partial charge in [-0.1, -0.05) is 12.1 Å². The summed E-state index contributed by atoms with van der Waals surface area (Å²) in [4.78, 5) is 22.5. The third-order valence-corrected chi connectivity index (χ3v) is 6.99. The second-order valence-corrected chi connectivity index (χ2v) is 9.53. The maximum Gasteiger partial charge on any atom is 0.409 e. The molecule has 2 aliphatic rings. The van der Waals surface area contributed by atoms with Crippen LogP contribution in [0.25, 0.3) is 0 Å². The van der Waals surface area contributed by atoms with Crippen molar-refractivity contribution in [3.63, 3.8) is 0 Å². The predicted octanol–water partition coefficient (Wildman–Crippen LogP) is 2.75. The summed E-state index contributed by atoms with van der Waals surface area (Å²) in [5, 5.41) is 13.9. The molecule has 1 unspecified atom stereocenters. The summed E-state index contributed by atoms with van der Waals surface area (Å²) in [5.74, 6) is 0.437. The van der Waals surface area contributed by atoms with Crippen molar-refractivity contribution in [2.75, 3.05) is 22.7 Å². The van der Waals surface area contributed by atoms with Gasteiger partial charge in [0.2, 0.25) is 5.91 Å². The van der Waals surface area contributed by atoms with Gasteiger partial charge in [0.1, 0.15) is 11.9 Å². The molecule has 0 saturated heterocycles. The number of anilines is 2. The van der Waals surface area contributed by atoms with Gasteiger partial charge >= 0.3 is 6.09 Å². The van der Waals surface area contributed by atoms with Crippen LogP contribution in [-0.4, -0.2) is 44.7 Å². The van der Waals surface area contributed by atoms with Gasteiger partial charge in [0, 0.05) is 12.6 Å². The molecule has 2 amide bonds. The fourth-order valence-corrected chi connectivity index (χ4v) is 5.13. The van der Waals surface area contributed by atoms with Crippen LogP contribution in [0.1, 0.15) is 31.2 Å². The van der Waals surface area contributed by atoms with Crippen LogP contribution in [0.2, 0.25) is 0 Å². The molecule has 0 radical (unpaired) electrons. The Bertz CT molecular complexity index is 1130. The van der Waals surface area contributed by atoms with E-state index in [9.17, 15) is 18.0 Å². The van der Waals surface area contributed by atoms with Gasteiger partial charge in [0.05, 0.1) is 23.7 Å². The molecule has 3 N–H and O–H groups in total. The van der Waals surface area contributed by atoms with Gasteiger partial charge in [0.25, 0.3) is 10.0 Å². The number of rotatable bonds is 6. The Hall–Kier alpha value is -3.27. The molecule has 1 saturated carbocycles. The molecule has 4 rings (SSSR count). The van der Waals surface area contributed by atoms with Gasteiger partial charge in [0.15, 0.2) is 0 Å². The summed E-state index contributed by atoms with van der Waals surface area (Å²) in [5.41, 5.74) is 1.45. The monoisotopic (exact) mass is 445 g/mol. The molecule has 1 aliphatic heterocycles. The van der Waals surface area contributed by atoms with Crippen LogP contribution in [0.15, 0.2) is 47.4 Å². The van der Waals surface area contributed by atoms with Crippen molar-refractivity contribution < 1.29 is 27.9 Å². The number of ether oxygens (including phenoxy) is 1. The summed E-state index contributed by atoms with van der Waals surface area (Å²) in [6, 6.07) is 11.4. The standard InChI is InChI=1S/C21H23N3O6S/c1-13(25)22-11-17-12-24(19-10-16(23-21(26)27)7-8-20(19)30-17)31(28,29)18-4-2-3-15(9-18)14-5-6-14/h2-4,7-10,14,17,23H,5-6,11-12H2,1H3,(H,22,25)(H,26,27). The molecule has 2 aromatic rings. The molecule has 1 fully saturated rings. The average Bonchev–Trinajstić information content (AvgIpc) is 3.57. The predicted molar refractivity (Wildman–Crippen MR) is 114 cm³/mol. The quantitative estimate of drug-likeness (QED) is 0.628. The molecule has 1 atom stereocenters. The number of hydrogen-bond donors (Lipinski definition) is 3. The summed E-state index contributed by atoms with van der Waals surface area (Å²) < 4.78 is 34.3. The highest BCUT2D eigenvalue weighted by Gasteiger charge is 2.35. The van der Waals surface area contributed by atoms with E-state index < -0.39 is 22.2 Å². The van der Waals surface area contributed by atoms with Crippen LogP contribution in [0.3, 0.4) is 0 Å². The number of carboxylic acid groups (broad SMARTS) is 1. The van der Waals surface area contributed by atoms with Crippen LogP contribution in [0.4, 0.5) is 16.2 Å². The zero-order valence-electron chi connectivity index (χ0n) is 16.9. The van der Waals surface area contributed by atoms with E-state index in [1.54, 1.807) is 18.2 Å². The number of carbonyl (C=O) groups is 2. The van der Waals surface area contributed by atoms with Crippen molar-refractivity contribution in [1.29, 1.82) is 0 Å². The lowest BCUT2D eigenvalue weighted by Crippen LogP contribution is -2.48. The average molecular weight is 445 g/mol. The highest BCUT2D eigenvalue weighted by molar-refractivity contribution is 7.92. The molecule has 31 heavy (non-hydrogen) atoms. The molecule has 1 heterocycles. The van der Waals surface area contributed by atoms with Crippen molar-refractivity contribution in [2.24, 2.45) is 0 Å². The molecular weight excluding hydrogens is 422 g/mol. The summed E-state index contributed by atoms with van der Waals surface area (Å²) in [6.07, 6.45) is 0.239. The van der Waals surface area contributed by atoms with E-state index in [2.05, 4.69) is 10.6 Å². The number of nitrogens with zero attached hydrogens (tertiary/aromatic N) is 1. The lowest BCUT2D eigenvalue weighted by Gasteiger charge is -2.35. The molecule has 10 heteroatoms. The molecule has 0 spiro atoms. The SMILES string of the molecule is CC(=O)NCC1CN(S(=O)(=O)c2cccc(C3CC3)c2)c2cc(NC(=O)O)ccc2O1. The minimum atomic E-state index is -3.95. The van der Waals surface area contributed by atoms with Crippen LogP contribution in [0, 0.1) is 0 Å². The fourth-order valence-electron chi connectivity index (χ4n) is 3.58. The Morgan fingerprint density at radius 3 is 2.65 bits per heavy atom. The van der Waals surface area contributed by atoms with Crippen molar-refractivity contribution >= 4 is 33.4 Å². The van der Waals surface area contributed by atoms with E-state index in [0.29, 0.717) is 11.7 Å². The van der Waals surface area contributed by atoms with Gasteiger partial charge < -0.3 is 15.2 Å². The number of sulfonamides is 1. The molecule has 0 bridgehead atoms. The van der Waals surface area contributed by atoms with E-state index in [4.69, 9.17) is 9.84 Å². The molecule has 0 aromatic heterocycles. The third-order valence-electron chi connectivity index (χ3n) is 5.22. The van der Waals surface area contributed by atoms with E-state index in [0.717, 1.165) is 18.4 Å². The van der Waals surface area contributed by atoms with Gasteiger partial charge in [-0.2, -0.15) is 0 Å². The maximum absolute atomic E-state index is 13.6. The number of hydrogen-bond acceptors (Lipinski definition) is 5. The second kappa shape index (κ2) is 8.10. The third kappa shape index (κ3) is 4.58. The largest absolute Gasteiger partial charge is 0.484 e. The molecule has 164 valence electrons. The summed E-state index contributed by atoms with van der Waals surface area (Å²) in [6.45, 7) is 1.48. The van der Waals surface area contributed by atoms with Crippen LogP contribution in [-0.2, 0) is 14.8 Å². The first-order valence-electron chi connectivity index (χ1n) is 9.92.